The van der Waals surface area contributed by atoms with E-state index in [0.29, 0.717) is 5.88 Å². The summed E-state index contributed by atoms with van der Waals surface area (Å²) < 4.78 is 5.10. The van der Waals surface area contributed by atoms with Crippen LogP contribution in [0.15, 0.2) is 23.7 Å². The Morgan fingerprint density at radius 3 is 2.79 bits per heavy atom. The first-order chi connectivity index (χ1) is 9.24. The highest BCUT2D eigenvalue weighted by Crippen LogP contribution is 2.25. The molecule has 0 fully saturated rings. The molecule has 2 heterocycles. The predicted molar refractivity (Wildman–Crippen MR) is 77.8 cm³/mol. The summed E-state index contributed by atoms with van der Waals surface area (Å²) in [5, 5.41) is 6.68. The molecule has 102 valence electrons. The first-order valence-electron chi connectivity index (χ1n) is 6.40. The molecule has 2 rings (SSSR count). The average molecular weight is 277 g/mol. The van der Waals surface area contributed by atoms with Gasteiger partial charge >= 0.3 is 0 Å². The molecule has 0 radical (unpaired) electrons. The van der Waals surface area contributed by atoms with Gasteiger partial charge in [0.25, 0.3) is 0 Å². The molecule has 0 aliphatic heterocycles. The van der Waals surface area contributed by atoms with E-state index in [1.807, 2.05) is 25.3 Å². The molecule has 0 bridgehead atoms. The van der Waals surface area contributed by atoms with Crippen molar-refractivity contribution >= 4 is 11.3 Å². The molecule has 19 heavy (non-hydrogen) atoms. The van der Waals surface area contributed by atoms with Crippen molar-refractivity contribution in [2.45, 2.75) is 26.3 Å². The van der Waals surface area contributed by atoms with Crippen LogP contribution < -0.4 is 10.1 Å². The van der Waals surface area contributed by atoms with Crippen LogP contribution in [0.5, 0.6) is 5.88 Å². The van der Waals surface area contributed by atoms with E-state index in [2.05, 4.69) is 27.6 Å². The van der Waals surface area contributed by atoms with E-state index in [4.69, 9.17) is 4.74 Å². The van der Waals surface area contributed by atoms with Crippen molar-refractivity contribution in [3.05, 3.63) is 40.0 Å². The number of rotatable bonds is 6. The minimum Gasteiger partial charge on any atom is -0.481 e. The van der Waals surface area contributed by atoms with E-state index < -0.39 is 0 Å². The Morgan fingerprint density at radius 2 is 2.26 bits per heavy atom. The Kier molecular flexibility index (Phi) is 4.87. The Hall–Kier alpha value is -1.46. The maximum atomic E-state index is 5.10. The normalized spacial score (nSPS) is 12.4. The highest BCUT2D eigenvalue weighted by Gasteiger charge is 2.17. The van der Waals surface area contributed by atoms with Crippen molar-refractivity contribution in [3.63, 3.8) is 0 Å². The molecule has 0 spiro atoms. The van der Waals surface area contributed by atoms with Crippen LogP contribution in [0.3, 0.4) is 0 Å². The van der Waals surface area contributed by atoms with Gasteiger partial charge in [0.05, 0.1) is 13.2 Å². The van der Waals surface area contributed by atoms with Crippen LogP contribution in [-0.4, -0.2) is 23.6 Å². The Labute approximate surface area is 117 Å². The third-order valence-electron chi connectivity index (χ3n) is 2.78. The molecule has 2 aromatic heterocycles. The van der Waals surface area contributed by atoms with E-state index >= 15 is 0 Å². The summed E-state index contributed by atoms with van der Waals surface area (Å²) in [6.07, 6.45) is 2.94. The zero-order valence-corrected chi connectivity index (χ0v) is 12.3. The molecule has 0 aromatic carbocycles. The van der Waals surface area contributed by atoms with Crippen LogP contribution in [0.25, 0.3) is 0 Å². The molecule has 0 amide bonds. The van der Waals surface area contributed by atoms with Gasteiger partial charge in [0.1, 0.15) is 5.01 Å². The molecule has 0 saturated carbocycles. The van der Waals surface area contributed by atoms with E-state index in [-0.39, 0.29) is 6.04 Å². The highest BCUT2D eigenvalue weighted by atomic mass is 32.1. The predicted octanol–water partition coefficient (Wildman–Crippen LogP) is 2.94. The summed E-state index contributed by atoms with van der Waals surface area (Å²) in [7, 11) is 1.62. The second-order valence-electron chi connectivity index (χ2n) is 4.35. The number of ether oxygens (including phenoxy) is 1. The molecule has 0 saturated heterocycles. The first-order valence-corrected chi connectivity index (χ1v) is 7.28. The van der Waals surface area contributed by atoms with Crippen LogP contribution in [0.1, 0.15) is 35.7 Å². The zero-order chi connectivity index (χ0) is 13.7. The number of aryl methyl sites for hydroxylation is 1. The van der Waals surface area contributed by atoms with Gasteiger partial charge < -0.3 is 10.1 Å². The van der Waals surface area contributed by atoms with Crippen molar-refractivity contribution < 1.29 is 4.74 Å². The minimum atomic E-state index is 0.108. The second kappa shape index (κ2) is 6.63. The summed E-state index contributed by atoms with van der Waals surface area (Å²) >= 11 is 1.68. The SMILES string of the molecule is CCCNC(c1ccc(OC)nc1)c1nc(C)cs1. The topological polar surface area (TPSA) is 47.0 Å². The number of hydrogen-bond donors (Lipinski definition) is 1. The van der Waals surface area contributed by atoms with Crippen LogP contribution in [0, 0.1) is 6.92 Å². The third-order valence-corrected chi connectivity index (χ3v) is 3.81. The quantitative estimate of drug-likeness (QED) is 0.882. The molecule has 5 heteroatoms. The second-order valence-corrected chi connectivity index (χ2v) is 5.24. The summed E-state index contributed by atoms with van der Waals surface area (Å²) in [5.41, 5.74) is 2.17. The summed E-state index contributed by atoms with van der Waals surface area (Å²) in [6, 6.07) is 4.03. The maximum Gasteiger partial charge on any atom is 0.212 e. The maximum absolute atomic E-state index is 5.10. The fraction of sp³-hybridized carbons (Fsp3) is 0.429. The number of aromatic nitrogens is 2. The van der Waals surface area contributed by atoms with Crippen LogP contribution >= 0.6 is 11.3 Å². The number of pyridine rings is 1. The van der Waals surface area contributed by atoms with Crippen LogP contribution in [0.2, 0.25) is 0 Å². The number of thiazole rings is 1. The lowest BCUT2D eigenvalue weighted by Crippen LogP contribution is -2.23. The van der Waals surface area contributed by atoms with E-state index in [1.165, 1.54) is 0 Å². The van der Waals surface area contributed by atoms with Gasteiger partial charge in [-0.3, -0.25) is 0 Å². The van der Waals surface area contributed by atoms with Gasteiger partial charge in [-0.1, -0.05) is 13.0 Å². The van der Waals surface area contributed by atoms with Gasteiger partial charge in [-0.25, -0.2) is 9.97 Å². The van der Waals surface area contributed by atoms with Crippen molar-refractivity contribution in [2.24, 2.45) is 0 Å². The lowest BCUT2D eigenvalue weighted by atomic mass is 10.1. The number of hydrogen-bond acceptors (Lipinski definition) is 5. The van der Waals surface area contributed by atoms with Gasteiger partial charge in [0.15, 0.2) is 0 Å². The minimum absolute atomic E-state index is 0.108. The smallest absolute Gasteiger partial charge is 0.212 e. The summed E-state index contributed by atoms with van der Waals surface area (Å²) in [4.78, 5) is 8.85. The van der Waals surface area contributed by atoms with Crippen molar-refractivity contribution in [1.82, 2.24) is 15.3 Å². The zero-order valence-electron chi connectivity index (χ0n) is 11.5. The fourth-order valence-corrected chi connectivity index (χ4v) is 2.72. The van der Waals surface area contributed by atoms with Gasteiger partial charge in [0, 0.05) is 23.3 Å². The number of methoxy groups -OCH3 is 1. The van der Waals surface area contributed by atoms with E-state index in [9.17, 15) is 0 Å². The van der Waals surface area contributed by atoms with Crippen molar-refractivity contribution in [3.8, 4) is 5.88 Å². The van der Waals surface area contributed by atoms with Crippen LogP contribution in [0.4, 0.5) is 0 Å². The fourth-order valence-electron chi connectivity index (χ4n) is 1.82. The monoisotopic (exact) mass is 277 g/mol. The number of nitrogens with zero attached hydrogens (tertiary/aromatic N) is 2. The molecule has 0 aliphatic carbocycles. The van der Waals surface area contributed by atoms with Gasteiger partial charge in [0.2, 0.25) is 5.88 Å². The summed E-state index contributed by atoms with van der Waals surface area (Å²) in [6.45, 7) is 5.13. The lowest BCUT2D eigenvalue weighted by Gasteiger charge is -2.16. The molecule has 4 nitrogen and oxygen atoms in total. The molecule has 2 aromatic rings. The Balaban J connectivity index is 2.25. The average Bonchev–Trinajstić information content (AvgIpc) is 2.86. The Bertz CT molecular complexity index is 510. The molecule has 1 N–H and O–H groups in total. The largest absolute Gasteiger partial charge is 0.481 e. The first kappa shape index (κ1) is 14.0. The van der Waals surface area contributed by atoms with Crippen LogP contribution in [-0.2, 0) is 0 Å². The van der Waals surface area contributed by atoms with E-state index in [1.54, 1.807) is 18.4 Å². The molecule has 0 aliphatic rings. The van der Waals surface area contributed by atoms with E-state index in [0.717, 1.165) is 29.2 Å². The van der Waals surface area contributed by atoms with Crippen molar-refractivity contribution in [2.75, 3.05) is 13.7 Å². The molecular weight excluding hydrogens is 258 g/mol. The Morgan fingerprint density at radius 1 is 1.42 bits per heavy atom. The lowest BCUT2D eigenvalue weighted by molar-refractivity contribution is 0.397. The summed E-state index contributed by atoms with van der Waals surface area (Å²) in [5.74, 6) is 0.633. The number of nitrogens with one attached hydrogen (secondary N) is 1. The van der Waals surface area contributed by atoms with Gasteiger partial charge in [-0.05, 0) is 25.5 Å². The van der Waals surface area contributed by atoms with Crippen molar-refractivity contribution in [1.29, 1.82) is 0 Å². The van der Waals surface area contributed by atoms with Gasteiger partial charge in [-0.15, -0.1) is 11.3 Å². The molecule has 1 unspecified atom stereocenters. The van der Waals surface area contributed by atoms with Gasteiger partial charge in [-0.2, -0.15) is 0 Å². The standard InChI is InChI=1S/C14H19N3OS/c1-4-7-15-13(14-17-10(2)9-19-14)11-5-6-12(18-3)16-8-11/h5-6,8-9,13,15H,4,7H2,1-3H3. The highest BCUT2D eigenvalue weighted by molar-refractivity contribution is 7.09. The molecular formula is C14H19N3OS. The third kappa shape index (κ3) is 3.52. The molecule has 1 atom stereocenters.